The summed E-state index contributed by atoms with van der Waals surface area (Å²) in [6.45, 7) is 3.83. The number of hydrogen-bond donors (Lipinski definition) is 0. The van der Waals surface area contributed by atoms with Gasteiger partial charge in [-0.2, -0.15) is 0 Å². The number of nitrogens with zero attached hydrogens (tertiary/aromatic N) is 4. The van der Waals surface area contributed by atoms with Crippen LogP contribution in [-0.4, -0.2) is 38.7 Å². The molecule has 0 spiro atoms. The lowest BCUT2D eigenvalue weighted by Gasteiger charge is -2.23. The Hall–Kier alpha value is -2.24. The molecule has 0 aliphatic heterocycles. The summed E-state index contributed by atoms with van der Waals surface area (Å²) in [4.78, 5) is 18.5. The third-order valence-corrected chi connectivity index (χ3v) is 4.27. The van der Waals surface area contributed by atoms with Crippen molar-refractivity contribution >= 4 is 5.91 Å². The van der Waals surface area contributed by atoms with Gasteiger partial charge in [0.1, 0.15) is 11.6 Å². The number of aromatic nitrogens is 3. The van der Waals surface area contributed by atoms with E-state index in [9.17, 15) is 9.18 Å². The van der Waals surface area contributed by atoms with Gasteiger partial charge in [0.2, 0.25) is 5.82 Å². The summed E-state index contributed by atoms with van der Waals surface area (Å²) < 4.78 is 14.6. The quantitative estimate of drug-likeness (QED) is 0.872. The summed E-state index contributed by atoms with van der Waals surface area (Å²) in [5.74, 6) is 0.882. The second-order valence-electron chi connectivity index (χ2n) is 5.86. The lowest BCUT2D eigenvalue weighted by Crippen LogP contribution is -2.37. The molecule has 1 fully saturated rings. The number of amides is 1. The third kappa shape index (κ3) is 2.73. The van der Waals surface area contributed by atoms with Gasteiger partial charge in [0.25, 0.3) is 5.91 Å². The smallest absolute Gasteiger partial charge is 0.293 e. The van der Waals surface area contributed by atoms with Crippen LogP contribution < -0.4 is 0 Å². The van der Waals surface area contributed by atoms with Crippen molar-refractivity contribution in [1.82, 2.24) is 19.7 Å². The number of carbonyl (C=O) groups is 1. The summed E-state index contributed by atoms with van der Waals surface area (Å²) in [5, 5.41) is 4.28. The molecule has 116 valence electrons. The van der Waals surface area contributed by atoms with E-state index in [1.165, 1.54) is 25.0 Å². The molecule has 22 heavy (non-hydrogen) atoms. The van der Waals surface area contributed by atoms with E-state index in [4.69, 9.17) is 0 Å². The molecule has 0 bridgehead atoms. The Balaban J connectivity index is 1.85. The van der Waals surface area contributed by atoms with Crippen LogP contribution in [0.3, 0.4) is 0 Å². The highest BCUT2D eigenvalue weighted by molar-refractivity contribution is 5.90. The lowest BCUT2D eigenvalue weighted by atomic mass is 10.2. The fourth-order valence-electron chi connectivity index (χ4n) is 2.55. The van der Waals surface area contributed by atoms with Crippen molar-refractivity contribution in [3.63, 3.8) is 0 Å². The molecule has 6 heteroatoms. The Morgan fingerprint density at radius 1 is 1.36 bits per heavy atom. The zero-order valence-electron chi connectivity index (χ0n) is 13.0. The number of benzene rings is 1. The van der Waals surface area contributed by atoms with Gasteiger partial charge in [0.15, 0.2) is 0 Å². The van der Waals surface area contributed by atoms with Crippen molar-refractivity contribution < 1.29 is 9.18 Å². The first kappa shape index (κ1) is 14.7. The van der Waals surface area contributed by atoms with Crippen LogP contribution in [0.1, 0.15) is 36.2 Å². The number of rotatable bonds is 4. The largest absolute Gasteiger partial charge is 0.336 e. The van der Waals surface area contributed by atoms with Gasteiger partial charge in [0.05, 0.1) is 5.69 Å². The van der Waals surface area contributed by atoms with E-state index in [0.717, 1.165) is 0 Å². The van der Waals surface area contributed by atoms with E-state index in [1.54, 1.807) is 35.7 Å². The minimum Gasteiger partial charge on any atom is -0.336 e. The number of hydrogen-bond acceptors (Lipinski definition) is 3. The fraction of sp³-hybridized carbons (Fsp3) is 0.438. The maximum atomic E-state index is 13.0. The molecule has 1 amide bonds. The van der Waals surface area contributed by atoms with Gasteiger partial charge in [-0.25, -0.2) is 14.1 Å². The van der Waals surface area contributed by atoms with Crippen LogP contribution in [0.2, 0.25) is 0 Å². The van der Waals surface area contributed by atoms with Gasteiger partial charge in [-0.1, -0.05) is 0 Å². The molecule has 1 aliphatic carbocycles. The SMILES string of the molecule is Cc1nc(C(=O)N(C)[C@@H](C)C2CC2)nn1-c1ccc(F)cc1. The Bertz CT molecular complexity index is 691. The molecule has 0 radical (unpaired) electrons. The van der Waals surface area contributed by atoms with Crippen LogP contribution in [-0.2, 0) is 0 Å². The maximum absolute atomic E-state index is 13.0. The Morgan fingerprint density at radius 2 is 2.00 bits per heavy atom. The van der Waals surface area contributed by atoms with Crippen molar-refractivity contribution in [2.75, 3.05) is 7.05 Å². The van der Waals surface area contributed by atoms with Crippen molar-refractivity contribution in [3.8, 4) is 5.69 Å². The highest BCUT2D eigenvalue weighted by atomic mass is 19.1. The molecule has 1 heterocycles. The van der Waals surface area contributed by atoms with Crippen molar-refractivity contribution in [2.24, 2.45) is 5.92 Å². The van der Waals surface area contributed by atoms with Crippen molar-refractivity contribution in [1.29, 1.82) is 0 Å². The highest BCUT2D eigenvalue weighted by Crippen LogP contribution is 2.34. The predicted molar refractivity (Wildman–Crippen MR) is 80.3 cm³/mol. The highest BCUT2D eigenvalue weighted by Gasteiger charge is 2.33. The molecule has 2 aromatic rings. The maximum Gasteiger partial charge on any atom is 0.293 e. The molecule has 0 unspecified atom stereocenters. The van der Waals surface area contributed by atoms with Crippen molar-refractivity contribution in [2.45, 2.75) is 32.7 Å². The minimum atomic E-state index is -0.309. The minimum absolute atomic E-state index is 0.177. The fourth-order valence-corrected chi connectivity index (χ4v) is 2.55. The molecule has 1 aliphatic rings. The molecule has 3 rings (SSSR count). The second-order valence-corrected chi connectivity index (χ2v) is 5.86. The van der Waals surface area contributed by atoms with Crippen LogP contribution in [0.4, 0.5) is 4.39 Å². The van der Waals surface area contributed by atoms with Crippen LogP contribution >= 0.6 is 0 Å². The zero-order valence-corrected chi connectivity index (χ0v) is 13.0. The second kappa shape index (κ2) is 5.51. The molecule has 1 saturated carbocycles. The number of carbonyl (C=O) groups excluding carboxylic acids is 1. The number of aryl methyl sites for hydroxylation is 1. The summed E-state index contributed by atoms with van der Waals surface area (Å²) in [5.41, 5.74) is 0.684. The average molecular weight is 302 g/mol. The zero-order chi connectivity index (χ0) is 15.9. The summed E-state index contributed by atoms with van der Waals surface area (Å²) in [7, 11) is 1.79. The molecule has 5 nitrogen and oxygen atoms in total. The van der Waals surface area contributed by atoms with Gasteiger partial charge in [-0.05, 0) is 56.9 Å². The monoisotopic (exact) mass is 302 g/mol. The van der Waals surface area contributed by atoms with Crippen LogP contribution in [0, 0.1) is 18.7 Å². The Labute approximate surface area is 128 Å². The molecule has 0 saturated heterocycles. The predicted octanol–water partition coefficient (Wildman–Crippen LogP) is 2.59. The van der Waals surface area contributed by atoms with Crippen LogP contribution in [0.25, 0.3) is 5.69 Å². The molecule has 1 atom stereocenters. The van der Waals surface area contributed by atoms with Gasteiger partial charge in [0, 0.05) is 13.1 Å². The van der Waals surface area contributed by atoms with E-state index in [0.29, 0.717) is 17.4 Å². The van der Waals surface area contributed by atoms with Gasteiger partial charge in [-0.15, -0.1) is 5.10 Å². The Morgan fingerprint density at radius 3 is 2.59 bits per heavy atom. The molecule has 0 N–H and O–H groups in total. The molecule has 1 aromatic heterocycles. The normalized spacial score (nSPS) is 15.6. The summed E-state index contributed by atoms with van der Waals surface area (Å²) >= 11 is 0. The standard InChI is InChI=1S/C16H19FN4O/c1-10(12-4-5-12)20(3)16(22)15-18-11(2)21(19-15)14-8-6-13(17)7-9-14/h6-10,12H,4-5H2,1-3H3/t10-/m0/s1. The van der Waals surface area contributed by atoms with Crippen LogP contribution in [0.5, 0.6) is 0 Å². The average Bonchev–Trinajstić information content (AvgIpc) is 3.29. The Kier molecular flexibility index (Phi) is 3.68. The molecular formula is C16H19FN4O. The third-order valence-electron chi connectivity index (χ3n) is 4.27. The molecule has 1 aromatic carbocycles. The number of halogens is 1. The lowest BCUT2D eigenvalue weighted by molar-refractivity contribution is 0.0715. The first-order valence-corrected chi connectivity index (χ1v) is 7.44. The first-order valence-electron chi connectivity index (χ1n) is 7.44. The summed E-state index contributed by atoms with van der Waals surface area (Å²) in [6.07, 6.45) is 2.35. The summed E-state index contributed by atoms with van der Waals surface area (Å²) in [6, 6.07) is 6.15. The van der Waals surface area contributed by atoms with E-state index < -0.39 is 0 Å². The van der Waals surface area contributed by atoms with E-state index >= 15 is 0 Å². The van der Waals surface area contributed by atoms with E-state index in [-0.39, 0.29) is 23.6 Å². The van der Waals surface area contributed by atoms with E-state index in [1.807, 2.05) is 0 Å². The first-order chi connectivity index (χ1) is 10.5. The van der Waals surface area contributed by atoms with Gasteiger partial charge >= 0.3 is 0 Å². The topological polar surface area (TPSA) is 51.0 Å². The van der Waals surface area contributed by atoms with Crippen LogP contribution in [0.15, 0.2) is 24.3 Å². The van der Waals surface area contributed by atoms with Gasteiger partial charge < -0.3 is 4.90 Å². The molecular weight excluding hydrogens is 283 g/mol. The van der Waals surface area contributed by atoms with Gasteiger partial charge in [-0.3, -0.25) is 4.79 Å². The van der Waals surface area contributed by atoms with E-state index in [2.05, 4.69) is 17.0 Å². The van der Waals surface area contributed by atoms with Crippen molar-refractivity contribution in [3.05, 3.63) is 41.7 Å².